The summed E-state index contributed by atoms with van der Waals surface area (Å²) in [6.45, 7) is 2.15. The minimum Gasteiger partial charge on any atom is -0.479 e. The van der Waals surface area contributed by atoms with Gasteiger partial charge < -0.3 is 4.74 Å². The number of nitrogens with zero attached hydrogens (tertiary/aromatic N) is 1. The van der Waals surface area contributed by atoms with E-state index in [0.29, 0.717) is 11.9 Å². The van der Waals surface area contributed by atoms with Crippen LogP contribution >= 0.6 is 0 Å². The Morgan fingerprint density at radius 3 is 2.63 bits per heavy atom. The second kappa shape index (κ2) is 7.13. The van der Waals surface area contributed by atoms with Crippen molar-refractivity contribution < 1.29 is 9.57 Å². The molecule has 19 heavy (non-hydrogen) atoms. The minimum atomic E-state index is 0.0813. The molecule has 4 nitrogen and oxygen atoms in total. The van der Waals surface area contributed by atoms with E-state index in [2.05, 4.69) is 12.4 Å². The molecule has 4 heteroatoms. The molecule has 102 valence electrons. The van der Waals surface area contributed by atoms with Crippen LogP contribution in [-0.4, -0.2) is 12.7 Å². The summed E-state index contributed by atoms with van der Waals surface area (Å²) >= 11 is 0. The quantitative estimate of drug-likeness (QED) is 0.798. The fraction of sp³-hybridized carbons (Fsp3) is 0.533. The van der Waals surface area contributed by atoms with Crippen molar-refractivity contribution in [3.63, 3.8) is 0 Å². The summed E-state index contributed by atoms with van der Waals surface area (Å²) in [6.07, 6.45) is 5.21. The second-order valence-electron chi connectivity index (χ2n) is 4.88. The van der Waals surface area contributed by atoms with Gasteiger partial charge in [0.2, 0.25) is 0 Å². The second-order valence-corrected chi connectivity index (χ2v) is 4.88. The van der Waals surface area contributed by atoms with Gasteiger partial charge >= 0.3 is 0 Å². The van der Waals surface area contributed by atoms with Crippen LogP contribution in [0.25, 0.3) is 0 Å². The molecule has 0 radical (unpaired) electrons. The van der Waals surface area contributed by atoms with Crippen LogP contribution in [0.4, 0.5) is 0 Å². The summed E-state index contributed by atoms with van der Waals surface area (Å²) in [5, 5.41) is 8.44. The third kappa shape index (κ3) is 4.23. The Balaban J connectivity index is 1.81. The van der Waals surface area contributed by atoms with Crippen LogP contribution in [-0.2, 0) is 4.84 Å². The topological polar surface area (TPSA) is 54.3 Å². The van der Waals surface area contributed by atoms with Crippen molar-refractivity contribution in [2.75, 3.05) is 6.61 Å². The Labute approximate surface area is 114 Å². The normalized spacial score (nSPS) is 17.1. The van der Waals surface area contributed by atoms with Crippen LogP contribution in [0, 0.1) is 11.3 Å². The van der Waals surface area contributed by atoms with Gasteiger partial charge in [0.1, 0.15) is 11.8 Å². The van der Waals surface area contributed by atoms with Crippen LogP contribution < -0.4 is 10.2 Å². The van der Waals surface area contributed by atoms with Crippen molar-refractivity contribution in [3.8, 4) is 11.8 Å². The van der Waals surface area contributed by atoms with E-state index < -0.39 is 0 Å². The molecule has 2 rings (SSSR count). The summed E-state index contributed by atoms with van der Waals surface area (Å²) < 4.78 is 5.22. The molecule has 1 aromatic rings. The van der Waals surface area contributed by atoms with E-state index in [0.717, 1.165) is 18.4 Å². The maximum Gasteiger partial charge on any atom is 0.174 e. The molecule has 0 saturated heterocycles. The van der Waals surface area contributed by atoms with Crippen molar-refractivity contribution in [1.82, 2.24) is 5.48 Å². The zero-order chi connectivity index (χ0) is 13.5. The number of rotatable bonds is 6. The molecule has 1 aliphatic carbocycles. The van der Waals surface area contributed by atoms with Gasteiger partial charge in [0, 0.05) is 0 Å². The van der Waals surface area contributed by atoms with Gasteiger partial charge in [-0.05, 0) is 37.5 Å². The summed E-state index contributed by atoms with van der Waals surface area (Å²) in [5.41, 5.74) is 4.25. The average Bonchev–Trinajstić information content (AvgIpc) is 2.96. The Bertz CT molecular complexity index is 419. The number of nitriles is 1. The third-order valence-corrected chi connectivity index (χ3v) is 3.40. The Kier molecular flexibility index (Phi) is 5.20. The van der Waals surface area contributed by atoms with Gasteiger partial charge in [-0.3, -0.25) is 4.84 Å². The standard InChI is InChI=1S/C15H20N2O2/c1-12(17-19-15-4-2-3-5-15)13-6-8-14(9-7-13)18-11-10-16/h6-9,12,15,17H,2-5,11H2,1H3. The molecule has 0 aromatic heterocycles. The number of hydroxylamine groups is 1. The number of ether oxygens (including phenoxy) is 1. The van der Waals surface area contributed by atoms with Crippen LogP contribution in [0.5, 0.6) is 5.75 Å². The molecule has 1 N–H and O–H groups in total. The molecule has 0 heterocycles. The maximum absolute atomic E-state index is 8.44. The first-order valence-corrected chi connectivity index (χ1v) is 6.80. The van der Waals surface area contributed by atoms with Crippen molar-refractivity contribution in [1.29, 1.82) is 5.26 Å². The van der Waals surface area contributed by atoms with Crippen molar-refractivity contribution >= 4 is 0 Å². The lowest BCUT2D eigenvalue weighted by Crippen LogP contribution is -2.24. The van der Waals surface area contributed by atoms with E-state index in [-0.39, 0.29) is 12.6 Å². The summed E-state index contributed by atoms with van der Waals surface area (Å²) in [5.74, 6) is 0.717. The lowest BCUT2D eigenvalue weighted by molar-refractivity contribution is -0.0376. The number of hydrogen-bond donors (Lipinski definition) is 1. The van der Waals surface area contributed by atoms with E-state index in [1.54, 1.807) is 0 Å². The Hall–Kier alpha value is -1.57. The molecular weight excluding hydrogens is 240 g/mol. The van der Waals surface area contributed by atoms with Gasteiger partial charge in [-0.1, -0.05) is 25.0 Å². The first kappa shape index (κ1) is 13.9. The van der Waals surface area contributed by atoms with E-state index in [9.17, 15) is 0 Å². The van der Waals surface area contributed by atoms with Crippen molar-refractivity contribution in [3.05, 3.63) is 29.8 Å². The number of nitrogens with one attached hydrogen (secondary N) is 1. The molecule has 0 bridgehead atoms. The van der Waals surface area contributed by atoms with Gasteiger partial charge in [0.05, 0.1) is 12.1 Å². The predicted octanol–water partition coefficient (Wildman–Crippen LogP) is 3.11. The molecular formula is C15H20N2O2. The van der Waals surface area contributed by atoms with Gasteiger partial charge in [-0.25, -0.2) is 0 Å². The van der Waals surface area contributed by atoms with E-state index in [1.165, 1.54) is 12.8 Å². The van der Waals surface area contributed by atoms with E-state index in [1.807, 2.05) is 30.3 Å². The summed E-state index contributed by atoms with van der Waals surface area (Å²) in [6, 6.07) is 9.82. The van der Waals surface area contributed by atoms with Crippen molar-refractivity contribution in [2.45, 2.75) is 44.8 Å². The third-order valence-electron chi connectivity index (χ3n) is 3.40. The fourth-order valence-electron chi connectivity index (χ4n) is 2.24. The highest BCUT2D eigenvalue weighted by Crippen LogP contribution is 2.22. The SMILES string of the molecule is CC(NOC1CCCC1)c1ccc(OCC#N)cc1. The monoisotopic (exact) mass is 260 g/mol. The highest BCUT2D eigenvalue weighted by Gasteiger charge is 2.16. The molecule has 1 saturated carbocycles. The zero-order valence-corrected chi connectivity index (χ0v) is 11.3. The highest BCUT2D eigenvalue weighted by molar-refractivity contribution is 5.28. The first-order chi connectivity index (χ1) is 9.29. The van der Waals surface area contributed by atoms with Crippen molar-refractivity contribution in [2.24, 2.45) is 0 Å². The average molecular weight is 260 g/mol. The van der Waals surface area contributed by atoms with E-state index in [4.69, 9.17) is 14.8 Å². The lowest BCUT2D eigenvalue weighted by atomic mass is 10.1. The fourth-order valence-corrected chi connectivity index (χ4v) is 2.24. The molecule has 1 aliphatic rings. The van der Waals surface area contributed by atoms with Crippen LogP contribution in [0.15, 0.2) is 24.3 Å². The van der Waals surface area contributed by atoms with Gasteiger partial charge in [0.25, 0.3) is 0 Å². The molecule has 1 unspecified atom stereocenters. The summed E-state index contributed by atoms with van der Waals surface area (Å²) in [4.78, 5) is 5.69. The molecule has 0 spiro atoms. The maximum atomic E-state index is 8.44. The molecule has 1 atom stereocenters. The molecule has 1 fully saturated rings. The van der Waals surface area contributed by atoms with Gasteiger partial charge in [0.15, 0.2) is 6.61 Å². The zero-order valence-electron chi connectivity index (χ0n) is 11.3. The molecule has 0 aliphatic heterocycles. The minimum absolute atomic E-state index is 0.0813. The smallest absolute Gasteiger partial charge is 0.174 e. The highest BCUT2D eigenvalue weighted by atomic mass is 16.7. The lowest BCUT2D eigenvalue weighted by Gasteiger charge is -2.18. The molecule has 1 aromatic carbocycles. The number of benzene rings is 1. The van der Waals surface area contributed by atoms with E-state index >= 15 is 0 Å². The van der Waals surface area contributed by atoms with Gasteiger partial charge in [-0.15, -0.1) is 0 Å². The van der Waals surface area contributed by atoms with Crippen LogP contribution in [0.3, 0.4) is 0 Å². The predicted molar refractivity (Wildman–Crippen MR) is 72.4 cm³/mol. The Morgan fingerprint density at radius 2 is 2.00 bits per heavy atom. The van der Waals surface area contributed by atoms with Crippen LogP contribution in [0.1, 0.15) is 44.2 Å². The first-order valence-electron chi connectivity index (χ1n) is 6.80. The number of hydrogen-bond acceptors (Lipinski definition) is 4. The largest absolute Gasteiger partial charge is 0.479 e. The summed E-state index contributed by atoms with van der Waals surface area (Å²) in [7, 11) is 0. The van der Waals surface area contributed by atoms with Gasteiger partial charge in [-0.2, -0.15) is 10.7 Å². The van der Waals surface area contributed by atoms with Crippen LogP contribution in [0.2, 0.25) is 0 Å². The molecule has 0 amide bonds. The Morgan fingerprint density at radius 1 is 1.32 bits per heavy atom.